The maximum atomic E-state index is 13.1. The molecule has 130 valence electrons. The molecule has 6 nitrogen and oxygen atoms in total. The number of ether oxygens (including phenoxy) is 1. The molecule has 0 N–H and O–H groups in total. The standard InChI is InChI=1S/C16H19ClN2O4S/c1-10-16(11(2)23-18-10)14-5-4-8-19(14)24(20,21)12-6-7-15(22-3)13(17)9-12/h6-7,9,14H,4-5,8H2,1-3H3. The fourth-order valence-corrected chi connectivity index (χ4v) is 5.24. The molecule has 1 aromatic carbocycles. The van der Waals surface area contributed by atoms with E-state index >= 15 is 0 Å². The zero-order valence-electron chi connectivity index (χ0n) is 13.7. The van der Waals surface area contributed by atoms with Gasteiger partial charge in [-0.1, -0.05) is 16.8 Å². The van der Waals surface area contributed by atoms with Gasteiger partial charge in [-0.2, -0.15) is 4.31 Å². The maximum Gasteiger partial charge on any atom is 0.243 e. The minimum Gasteiger partial charge on any atom is -0.495 e. The molecule has 2 aromatic rings. The largest absolute Gasteiger partial charge is 0.495 e. The fourth-order valence-electron chi connectivity index (χ4n) is 3.23. The van der Waals surface area contributed by atoms with Gasteiger partial charge in [-0.15, -0.1) is 0 Å². The van der Waals surface area contributed by atoms with Crippen LogP contribution in [0.25, 0.3) is 0 Å². The number of sulfonamides is 1. The highest BCUT2D eigenvalue weighted by Crippen LogP contribution is 2.40. The van der Waals surface area contributed by atoms with E-state index in [1.54, 1.807) is 6.07 Å². The van der Waals surface area contributed by atoms with Crippen LogP contribution in [0.5, 0.6) is 5.75 Å². The topological polar surface area (TPSA) is 72.6 Å². The van der Waals surface area contributed by atoms with Crippen molar-refractivity contribution >= 4 is 21.6 Å². The van der Waals surface area contributed by atoms with Crippen molar-refractivity contribution in [3.05, 3.63) is 40.2 Å². The number of halogens is 1. The van der Waals surface area contributed by atoms with Crippen LogP contribution in [0, 0.1) is 13.8 Å². The van der Waals surface area contributed by atoms with Gasteiger partial charge in [0, 0.05) is 12.1 Å². The lowest BCUT2D eigenvalue weighted by Crippen LogP contribution is -2.31. The minimum atomic E-state index is -3.67. The van der Waals surface area contributed by atoms with Gasteiger partial charge in [0.05, 0.1) is 28.8 Å². The summed E-state index contributed by atoms with van der Waals surface area (Å²) in [4.78, 5) is 0.159. The van der Waals surface area contributed by atoms with Crippen LogP contribution in [0.4, 0.5) is 0 Å². The zero-order chi connectivity index (χ0) is 17.5. The number of methoxy groups -OCH3 is 1. The van der Waals surface area contributed by atoms with Crippen molar-refractivity contribution in [3.8, 4) is 5.75 Å². The summed E-state index contributed by atoms with van der Waals surface area (Å²) in [5, 5.41) is 4.22. The number of hydrogen-bond acceptors (Lipinski definition) is 5. The van der Waals surface area contributed by atoms with Crippen LogP contribution in [0.15, 0.2) is 27.6 Å². The van der Waals surface area contributed by atoms with Crippen molar-refractivity contribution in [2.24, 2.45) is 0 Å². The Labute approximate surface area is 146 Å². The second kappa shape index (κ2) is 6.38. The SMILES string of the molecule is COc1ccc(S(=O)(=O)N2CCCC2c2c(C)noc2C)cc1Cl. The second-order valence-corrected chi connectivity index (χ2v) is 8.11. The Morgan fingerprint density at radius 3 is 2.71 bits per heavy atom. The van der Waals surface area contributed by atoms with Crippen molar-refractivity contribution in [3.63, 3.8) is 0 Å². The third-order valence-corrected chi connectivity index (χ3v) is 6.55. The van der Waals surface area contributed by atoms with Gasteiger partial charge in [0.15, 0.2) is 0 Å². The molecule has 1 unspecified atom stereocenters. The molecule has 3 rings (SSSR count). The van der Waals surface area contributed by atoms with Crippen molar-refractivity contribution in [2.75, 3.05) is 13.7 Å². The van der Waals surface area contributed by atoms with Gasteiger partial charge in [-0.25, -0.2) is 8.42 Å². The molecule has 1 atom stereocenters. The lowest BCUT2D eigenvalue weighted by atomic mass is 10.0. The number of aryl methyl sites for hydroxylation is 2. The highest BCUT2D eigenvalue weighted by atomic mass is 35.5. The molecular formula is C16H19ClN2O4S. The Balaban J connectivity index is 2.01. The van der Waals surface area contributed by atoms with Gasteiger partial charge in [0.1, 0.15) is 11.5 Å². The predicted octanol–water partition coefficient (Wildman–Crippen LogP) is 3.48. The summed E-state index contributed by atoms with van der Waals surface area (Å²) < 4.78 is 38.0. The molecule has 1 aliphatic heterocycles. The molecule has 0 radical (unpaired) electrons. The molecule has 1 saturated heterocycles. The van der Waals surface area contributed by atoms with E-state index in [-0.39, 0.29) is 16.0 Å². The molecule has 24 heavy (non-hydrogen) atoms. The monoisotopic (exact) mass is 370 g/mol. The Hall–Kier alpha value is -1.57. The molecule has 0 spiro atoms. The number of rotatable bonds is 4. The molecule has 0 bridgehead atoms. The van der Waals surface area contributed by atoms with Crippen LogP contribution in [0.2, 0.25) is 5.02 Å². The Morgan fingerprint density at radius 1 is 1.38 bits per heavy atom. The highest BCUT2D eigenvalue weighted by molar-refractivity contribution is 7.89. The van der Waals surface area contributed by atoms with Crippen molar-refractivity contribution in [2.45, 2.75) is 37.6 Å². The van der Waals surface area contributed by atoms with Crippen LogP contribution < -0.4 is 4.74 Å². The van der Waals surface area contributed by atoms with Gasteiger partial charge in [-0.3, -0.25) is 0 Å². The van der Waals surface area contributed by atoms with E-state index in [9.17, 15) is 8.42 Å². The first-order valence-corrected chi connectivity index (χ1v) is 9.46. The predicted molar refractivity (Wildman–Crippen MR) is 89.8 cm³/mol. The number of benzene rings is 1. The van der Waals surface area contributed by atoms with Gasteiger partial charge in [-0.05, 0) is 44.9 Å². The number of hydrogen-bond donors (Lipinski definition) is 0. The lowest BCUT2D eigenvalue weighted by Gasteiger charge is -2.24. The van der Waals surface area contributed by atoms with Crippen LogP contribution in [0.1, 0.15) is 35.9 Å². The third kappa shape index (κ3) is 2.81. The minimum absolute atomic E-state index is 0.159. The average Bonchev–Trinajstić information content (AvgIpc) is 3.14. The maximum absolute atomic E-state index is 13.1. The Bertz CT molecular complexity index is 843. The molecule has 0 amide bonds. The number of nitrogens with zero attached hydrogens (tertiary/aromatic N) is 2. The summed E-state index contributed by atoms with van der Waals surface area (Å²) in [5.41, 5.74) is 1.59. The molecule has 1 aliphatic rings. The van der Waals surface area contributed by atoms with Gasteiger partial charge < -0.3 is 9.26 Å². The summed E-state index contributed by atoms with van der Waals surface area (Å²) >= 11 is 6.10. The van der Waals surface area contributed by atoms with Gasteiger partial charge in [0.25, 0.3) is 0 Å². The number of aromatic nitrogens is 1. The molecule has 1 fully saturated rings. The molecule has 2 heterocycles. The van der Waals surface area contributed by atoms with E-state index in [2.05, 4.69) is 5.16 Å². The van der Waals surface area contributed by atoms with E-state index in [1.165, 1.54) is 23.5 Å². The van der Waals surface area contributed by atoms with E-state index in [1.807, 2.05) is 13.8 Å². The summed E-state index contributed by atoms with van der Waals surface area (Å²) in [6.45, 7) is 4.10. The smallest absolute Gasteiger partial charge is 0.243 e. The quantitative estimate of drug-likeness (QED) is 0.823. The summed E-state index contributed by atoms with van der Waals surface area (Å²) in [7, 11) is -2.18. The van der Waals surface area contributed by atoms with Crippen LogP contribution in [0.3, 0.4) is 0 Å². The molecule has 8 heteroatoms. The zero-order valence-corrected chi connectivity index (χ0v) is 15.3. The fraction of sp³-hybridized carbons (Fsp3) is 0.438. The van der Waals surface area contributed by atoms with E-state index < -0.39 is 10.0 Å². The average molecular weight is 371 g/mol. The van der Waals surface area contributed by atoms with Crippen LogP contribution in [-0.2, 0) is 10.0 Å². The highest BCUT2D eigenvalue weighted by Gasteiger charge is 2.39. The molecule has 0 saturated carbocycles. The Kier molecular flexibility index (Phi) is 4.59. The van der Waals surface area contributed by atoms with Crippen molar-refractivity contribution in [1.29, 1.82) is 0 Å². The van der Waals surface area contributed by atoms with Gasteiger partial charge >= 0.3 is 0 Å². The first kappa shape index (κ1) is 17.3. The summed E-state index contributed by atoms with van der Waals surface area (Å²) in [5.74, 6) is 1.10. The van der Waals surface area contributed by atoms with Gasteiger partial charge in [0.2, 0.25) is 10.0 Å². The second-order valence-electron chi connectivity index (χ2n) is 5.81. The third-order valence-electron chi connectivity index (χ3n) is 4.36. The van der Waals surface area contributed by atoms with Crippen molar-refractivity contribution < 1.29 is 17.7 Å². The van der Waals surface area contributed by atoms with E-state index in [0.717, 1.165) is 24.1 Å². The first-order valence-electron chi connectivity index (χ1n) is 7.64. The van der Waals surface area contributed by atoms with Crippen molar-refractivity contribution in [1.82, 2.24) is 9.46 Å². The lowest BCUT2D eigenvalue weighted by molar-refractivity contribution is 0.376. The van der Waals surface area contributed by atoms with Crippen LogP contribution >= 0.6 is 11.6 Å². The normalized spacial score (nSPS) is 18.9. The summed E-state index contributed by atoms with van der Waals surface area (Å²) in [6.07, 6.45) is 1.53. The summed E-state index contributed by atoms with van der Waals surface area (Å²) in [6, 6.07) is 4.25. The first-order chi connectivity index (χ1) is 11.4. The molecule has 1 aromatic heterocycles. The van der Waals surface area contributed by atoms with Crippen LogP contribution in [-0.4, -0.2) is 31.5 Å². The van der Waals surface area contributed by atoms with E-state index in [4.69, 9.17) is 20.9 Å². The van der Waals surface area contributed by atoms with E-state index in [0.29, 0.717) is 18.1 Å². The Morgan fingerprint density at radius 2 is 2.12 bits per heavy atom. The molecular weight excluding hydrogens is 352 g/mol. The molecule has 0 aliphatic carbocycles.